The Bertz CT molecular complexity index is 5010. The summed E-state index contributed by atoms with van der Waals surface area (Å²) in [7, 11) is 0. The zero-order chi connectivity index (χ0) is 52.1. The first-order chi connectivity index (χ1) is 39.0. The highest BCUT2D eigenvalue weighted by atomic mass is 16.3. The van der Waals surface area contributed by atoms with Crippen LogP contribution in [0.4, 0.5) is 34.1 Å². The van der Waals surface area contributed by atoms with E-state index in [1.54, 1.807) is 0 Å². The third kappa shape index (κ3) is 6.03. The Labute approximate surface area is 456 Å². The number of nitrogens with zero attached hydrogens (tertiary/aromatic N) is 2. The van der Waals surface area contributed by atoms with Crippen molar-refractivity contribution in [2.45, 2.75) is 19.3 Å². The van der Waals surface area contributed by atoms with E-state index in [9.17, 15) is 0 Å². The molecule has 0 radical (unpaired) electrons. The molecule has 1 spiro atoms. The van der Waals surface area contributed by atoms with Gasteiger partial charge in [-0.2, -0.15) is 0 Å². The molecule has 0 bridgehead atoms. The molecule has 2 heterocycles. The van der Waals surface area contributed by atoms with E-state index in [2.05, 4.69) is 272 Å². The van der Waals surface area contributed by atoms with Gasteiger partial charge in [-0.1, -0.05) is 199 Å². The van der Waals surface area contributed by atoms with Gasteiger partial charge in [-0.3, -0.25) is 0 Å². The minimum Gasteiger partial charge on any atom is -0.454 e. The largest absolute Gasteiger partial charge is 0.454 e. The number of aryl methyl sites for hydroxylation is 2. The number of furan rings is 2. The number of benzene rings is 13. The molecule has 2 aliphatic carbocycles. The van der Waals surface area contributed by atoms with E-state index in [-0.39, 0.29) is 0 Å². The molecule has 4 nitrogen and oxygen atoms in total. The predicted octanol–water partition coefficient (Wildman–Crippen LogP) is 20.8. The van der Waals surface area contributed by atoms with Gasteiger partial charge in [0, 0.05) is 44.0 Å². The molecule has 79 heavy (non-hydrogen) atoms. The van der Waals surface area contributed by atoms with Gasteiger partial charge in [-0.15, -0.1) is 0 Å². The van der Waals surface area contributed by atoms with E-state index in [4.69, 9.17) is 8.83 Å². The molecule has 0 amide bonds. The van der Waals surface area contributed by atoms with Crippen LogP contribution in [0.3, 0.4) is 0 Å². The molecule has 0 unspecified atom stereocenters. The molecular weight excluding hydrogens is 961 g/mol. The van der Waals surface area contributed by atoms with Crippen LogP contribution < -0.4 is 9.80 Å². The van der Waals surface area contributed by atoms with Crippen molar-refractivity contribution in [3.63, 3.8) is 0 Å². The fraction of sp³-hybridized carbons (Fsp3) is 0.0400. The second-order valence-electron chi connectivity index (χ2n) is 21.6. The third-order valence-corrected chi connectivity index (χ3v) is 17.3. The summed E-state index contributed by atoms with van der Waals surface area (Å²) in [4.78, 5) is 4.85. The van der Waals surface area contributed by atoms with Crippen LogP contribution in [-0.2, 0) is 5.41 Å². The summed E-state index contributed by atoms with van der Waals surface area (Å²) in [6, 6.07) is 94.1. The van der Waals surface area contributed by atoms with Gasteiger partial charge in [0.1, 0.15) is 11.2 Å². The molecule has 370 valence electrons. The zero-order valence-corrected chi connectivity index (χ0v) is 43.5. The Hall–Kier alpha value is -10.2. The number of hydrogen-bond donors (Lipinski definition) is 0. The Morgan fingerprint density at radius 3 is 1.34 bits per heavy atom. The van der Waals surface area contributed by atoms with Crippen LogP contribution in [0, 0.1) is 13.8 Å². The van der Waals surface area contributed by atoms with Crippen molar-refractivity contribution in [3.8, 4) is 22.3 Å². The summed E-state index contributed by atoms with van der Waals surface area (Å²) in [5.41, 5.74) is 21.6. The van der Waals surface area contributed by atoms with Crippen LogP contribution in [0.15, 0.2) is 264 Å². The van der Waals surface area contributed by atoms with Crippen molar-refractivity contribution in [2.75, 3.05) is 9.80 Å². The summed E-state index contributed by atoms with van der Waals surface area (Å²) >= 11 is 0. The second-order valence-corrected chi connectivity index (χ2v) is 21.6. The van der Waals surface area contributed by atoms with Crippen molar-refractivity contribution >= 4 is 110 Å². The van der Waals surface area contributed by atoms with Gasteiger partial charge in [-0.05, 0) is 152 Å². The van der Waals surface area contributed by atoms with Gasteiger partial charge in [-0.25, -0.2) is 0 Å². The molecule has 17 rings (SSSR count). The van der Waals surface area contributed by atoms with Crippen LogP contribution in [0.5, 0.6) is 0 Å². The summed E-state index contributed by atoms with van der Waals surface area (Å²) in [6.45, 7) is 4.31. The normalized spacial score (nSPS) is 13.0. The molecule has 4 heteroatoms. The fourth-order valence-corrected chi connectivity index (χ4v) is 14.0. The maximum Gasteiger partial charge on any atom is 0.159 e. The standard InChI is InChI=1S/C75H48N2O2/c1-45-33-37-47(38-34-45)76(65-29-15-25-59-54-21-9-13-31-68(54)78-73(59)65)49-41-42-58-61(43-49)50-17-3-5-23-56(50)71-70-57-24-6-4-20-53(57)67(44-64(70)75(72(58)71)62-27-11-7-18-51(62)52-19-8-12-28-63(52)75)77(48-39-35-46(2)36-40-48)66-30-16-26-60-55-22-10-14-32-69(55)79-74(60)66/h3-44H,1-2H3. The van der Waals surface area contributed by atoms with Gasteiger partial charge in [0.05, 0.1) is 22.5 Å². The first kappa shape index (κ1) is 44.0. The predicted molar refractivity (Wildman–Crippen MR) is 329 cm³/mol. The highest BCUT2D eigenvalue weighted by molar-refractivity contribution is 6.25. The monoisotopic (exact) mass is 1010 g/mol. The number of fused-ring (bicyclic) bond motifs is 23. The van der Waals surface area contributed by atoms with Gasteiger partial charge in [0.2, 0.25) is 0 Å². The molecule has 15 aromatic rings. The minimum atomic E-state index is -0.721. The summed E-state index contributed by atoms with van der Waals surface area (Å²) < 4.78 is 13.8. The highest BCUT2D eigenvalue weighted by Crippen LogP contribution is 2.67. The quantitative estimate of drug-likeness (QED) is 0.155. The summed E-state index contributed by atoms with van der Waals surface area (Å²) in [5.74, 6) is 0. The lowest BCUT2D eigenvalue weighted by atomic mass is 9.69. The lowest BCUT2D eigenvalue weighted by Gasteiger charge is -2.34. The SMILES string of the molecule is Cc1ccc(N(c2ccc3c4c(c5ccccc5c3c2)-c2c(cc(N(c3ccc(C)cc3)c3cccc5c3oc3ccccc35)c3ccccc23)C42c3ccccc3-c3ccccc32)c2cccc3c2oc2ccccc23)cc1. The molecule has 2 aromatic heterocycles. The molecule has 13 aromatic carbocycles. The Morgan fingerprint density at radius 2 is 0.747 bits per heavy atom. The molecular formula is C75H48N2O2. The topological polar surface area (TPSA) is 32.8 Å². The van der Waals surface area contributed by atoms with E-state index in [1.807, 2.05) is 6.07 Å². The lowest BCUT2D eigenvalue weighted by Crippen LogP contribution is -2.26. The van der Waals surface area contributed by atoms with Gasteiger partial charge >= 0.3 is 0 Å². The first-order valence-electron chi connectivity index (χ1n) is 27.3. The number of hydrogen-bond acceptors (Lipinski definition) is 4. The van der Waals surface area contributed by atoms with Gasteiger partial charge in [0.25, 0.3) is 0 Å². The molecule has 0 saturated carbocycles. The van der Waals surface area contributed by atoms with E-state index < -0.39 is 5.41 Å². The minimum absolute atomic E-state index is 0.721. The average Bonchev–Trinajstić information content (AvgIpc) is 4.32. The zero-order valence-electron chi connectivity index (χ0n) is 43.5. The van der Waals surface area contributed by atoms with Crippen molar-refractivity contribution in [1.29, 1.82) is 0 Å². The van der Waals surface area contributed by atoms with Gasteiger partial charge in [0.15, 0.2) is 11.2 Å². The summed E-state index contributed by atoms with van der Waals surface area (Å²) in [5, 5.41) is 11.6. The van der Waals surface area contributed by atoms with Crippen LogP contribution >= 0.6 is 0 Å². The van der Waals surface area contributed by atoms with Crippen molar-refractivity contribution in [1.82, 2.24) is 0 Å². The van der Waals surface area contributed by atoms with E-state index in [0.29, 0.717) is 0 Å². The van der Waals surface area contributed by atoms with Crippen LogP contribution in [0.25, 0.3) is 98.4 Å². The highest BCUT2D eigenvalue weighted by Gasteiger charge is 2.54. The molecule has 0 aliphatic heterocycles. The Morgan fingerprint density at radius 1 is 0.291 bits per heavy atom. The van der Waals surface area contributed by atoms with Crippen LogP contribution in [0.2, 0.25) is 0 Å². The average molecular weight is 1010 g/mol. The van der Waals surface area contributed by atoms with E-state index >= 15 is 0 Å². The van der Waals surface area contributed by atoms with Crippen LogP contribution in [0.1, 0.15) is 33.4 Å². The lowest BCUT2D eigenvalue weighted by molar-refractivity contribution is 0.668. The molecule has 0 atom stereocenters. The molecule has 0 saturated heterocycles. The van der Waals surface area contributed by atoms with Crippen molar-refractivity contribution < 1.29 is 8.83 Å². The summed E-state index contributed by atoms with van der Waals surface area (Å²) in [6.07, 6.45) is 0. The fourth-order valence-electron chi connectivity index (χ4n) is 14.0. The third-order valence-electron chi connectivity index (χ3n) is 17.3. The maximum atomic E-state index is 6.94. The first-order valence-corrected chi connectivity index (χ1v) is 27.3. The van der Waals surface area contributed by atoms with Gasteiger partial charge < -0.3 is 18.6 Å². The van der Waals surface area contributed by atoms with E-state index in [1.165, 1.54) is 82.6 Å². The smallest absolute Gasteiger partial charge is 0.159 e. The number of para-hydroxylation sites is 4. The second kappa shape index (κ2) is 16.4. The molecule has 0 fully saturated rings. The van der Waals surface area contributed by atoms with E-state index in [0.717, 1.165) is 83.4 Å². The van der Waals surface area contributed by atoms with Crippen LogP contribution in [-0.4, -0.2) is 0 Å². The molecule has 0 N–H and O–H groups in total. The molecule has 2 aliphatic rings. The van der Waals surface area contributed by atoms with Crippen molar-refractivity contribution in [3.05, 3.63) is 288 Å². The Kier molecular flexibility index (Phi) is 9.15. The Balaban J connectivity index is 1.00. The van der Waals surface area contributed by atoms with Crippen molar-refractivity contribution in [2.24, 2.45) is 0 Å². The maximum absolute atomic E-state index is 6.94. The number of anilines is 6. The number of rotatable bonds is 6.